The quantitative estimate of drug-likeness (QED) is 0.682. The molecule has 0 aliphatic carbocycles. The van der Waals surface area contributed by atoms with Crippen molar-refractivity contribution in [2.75, 3.05) is 0 Å². The number of nitrogens with one attached hydrogen (secondary N) is 1. The molecule has 0 aromatic carbocycles. The average molecular weight is 191 g/mol. The van der Waals surface area contributed by atoms with Crippen LogP contribution >= 0.6 is 0 Å². The van der Waals surface area contributed by atoms with Gasteiger partial charge in [-0.1, -0.05) is 20.8 Å². The van der Waals surface area contributed by atoms with E-state index in [9.17, 15) is 4.79 Å². The smallest absolute Gasteiger partial charge is 0.266 e. The standard InChI is InChI=1S/C10H13N3O/c1-10(2,3)7-5-11-8-4-9(14)12-13(8)6-7/h4-6H,1-3H3,(H,12,14). The average Bonchev–Trinajstić information content (AvgIpc) is 2.41. The molecule has 0 bridgehead atoms. The Bertz CT molecular complexity index is 516. The molecular formula is C10H13N3O. The molecule has 4 nitrogen and oxygen atoms in total. The molecule has 0 radical (unpaired) electrons. The predicted octanol–water partition coefficient (Wildman–Crippen LogP) is 1.32. The second kappa shape index (κ2) is 2.70. The Morgan fingerprint density at radius 1 is 1.43 bits per heavy atom. The maximum absolute atomic E-state index is 11.0. The van der Waals surface area contributed by atoms with Crippen LogP contribution < -0.4 is 5.56 Å². The third kappa shape index (κ3) is 1.43. The highest BCUT2D eigenvalue weighted by Crippen LogP contribution is 2.20. The molecule has 4 heteroatoms. The van der Waals surface area contributed by atoms with E-state index in [1.54, 1.807) is 4.52 Å². The molecule has 2 heterocycles. The molecule has 14 heavy (non-hydrogen) atoms. The summed E-state index contributed by atoms with van der Waals surface area (Å²) < 4.78 is 1.66. The van der Waals surface area contributed by atoms with Crippen LogP contribution in [0.3, 0.4) is 0 Å². The number of aromatic nitrogens is 3. The number of hydrogen-bond acceptors (Lipinski definition) is 2. The van der Waals surface area contributed by atoms with Crippen LogP contribution in [-0.2, 0) is 5.41 Å². The highest BCUT2D eigenvalue weighted by Gasteiger charge is 2.14. The number of nitrogens with zero attached hydrogens (tertiary/aromatic N) is 2. The van der Waals surface area contributed by atoms with E-state index in [-0.39, 0.29) is 11.0 Å². The number of hydrogen-bond donors (Lipinski definition) is 1. The Kier molecular flexibility index (Phi) is 1.74. The molecule has 0 saturated heterocycles. The van der Waals surface area contributed by atoms with Crippen LogP contribution in [0.1, 0.15) is 26.3 Å². The van der Waals surface area contributed by atoms with Crippen LogP contribution in [0.5, 0.6) is 0 Å². The van der Waals surface area contributed by atoms with Crippen molar-refractivity contribution < 1.29 is 0 Å². The lowest BCUT2D eigenvalue weighted by Crippen LogP contribution is -2.13. The Balaban J connectivity index is 2.67. The lowest BCUT2D eigenvalue weighted by molar-refractivity contribution is 0.581. The van der Waals surface area contributed by atoms with Crippen molar-refractivity contribution in [2.24, 2.45) is 0 Å². The fourth-order valence-corrected chi connectivity index (χ4v) is 1.29. The molecule has 74 valence electrons. The van der Waals surface area contributed by atoms with Gasteiger partial charge in [0.25, 0.3) is 5.56 Å². The van der Waals surface area contributed by atoms with Crippen molar-refractivity contribution >= 4 is 5.65 Å². The molecule has 0 aliphatic rings. The highest BCUT2D eigenvalue weighted by atomic mass is 16.1. The third-order valence-corrected chi connectivity index (χ3v) is 2.21. The van der Waals surface area contributed by atoms with Gasteiger partial charge >= 0.3 is 0 Å². The molecule has 0 atom stereocenters. The van der Waals surface area contributed by atoms with Gasteiger partial charge in [-0.3, -0.25) is 9.89 Å². The topological polar surface area (TPSA) is 50.2 Å². The fraction of sp³-hybridized carbons (Fsp3) is 0.400. The largest absolute Gasteiger partial charge is 0.268 e. The lowest BCUT2D eigenvalue weighted by Gasteiger charge is -2.17. The van der Waals surface area contributed by atoms with Crippen LogP contribution in [0.25, 0.3) is 5.65 Å². The molecule has 0 saturated carbocycles. The van der Waals surface area contributed by atoms with E-state index in [0.29, 0.717) is 5.65 Å². The molecule has 0 amide bonds. The summed E-state index contributed by atoms with van der Waals surface area (Å²) in [6, 6.07) is 1.48. The number of H-pyrrole nitrogens is 1. The first-order valence-corrected chi connectivity index (χ1v) is 4.55. The van der Waals surface area contributed by atoms with E-state index < -0.39 is 0 Å². The minimum Gasteiger partial charge on any atom is -0.268 e. The Labute approximate surface area is 81.6 Å². The molecule has 0 unspecified atom stereocenters. The third-order valence-electron chi connectivity index (χ3n) is 2.21. The fourth-order valence-electron chi connectivity index (χ4n) is 1.29. The van der Waals surface area contributed by atoms with Gasteiger partial charge in [0.05, 0.1) is 0 Å². The van der Waals surface area contributed by atoms with Crippen molar-refractivity contribution in [1.29, 1.82) is 0 Å². The molecule has 2 aromatic heterocycles. The van der Waals surface area contributed by atoms with Crippen molar-refractivity contribution in [3.8, 4) is 0 Å². The first-order valence-electron chi connectivity index (χ1n) is 4.55. The van der Waals surface area contributed by atoms with Crippen LogP contribution in [0.4, 0.5) is 0 Å². The summed E-state index contributed by atoms with van der Waals surface area (Å²) in [6.45, 7) is 6.33. The van der Waals surface area contributed by atoms with Crippen molar-refractivity contribution in [2.45, 2.75) is 26.2 Å². The summed E-state index contributed by atoms with van der Waals surface area (Å²) >= 11 is 0. The van der Waals surface area contributed by atoms with Crippen molar-refractivity contribution in [1.82, 2.24) is 14.6 Å². The van der Waals surface area contributed by atoms with Gasteiger partial charge in [0, 0.05) is 18.5 Å². The summed E-state index contributed by atoms with van der Waals surface area (Å²) in [5.74, 6) is 0. The highest BCUT2D eigenvalue weighted by molar-refractivity contribution is 5.37. The minimum atomic E-state index is -0.122. The summed E-state index contributed by atoms with van der Waals surface area (Å²) in [7, 11) is 0. The van der Waals surface area contributed by atoms with E-state index in [4.69, 9.17) is 0 Å². The molecule has 0 spiro atoms. The van der Waals surface area contributed by atoms with Gasteiger partial charge in [0.1, 0.15) is 0 Å². The van der Waals surface area contributed by atoms with E-state index in [2.05, 4.69) is 30.9 Å². The van der Waals surface area contributed by atoms with E-state index in [1.807, 2.05) is 12.4 Å². The Morgan fingerprint density at radius 2 is 2.14 bits per heavy atom. The second-order valence-corrected chi connectivity index (χ2v) is 4.44. The van der Waals surface area contributed by atoms with Crippen molar-refractivity contribution in [3.05, 3.63) is 34.4 Å². The summed E-state index contributed by atoms with van der Waals surface area (Å²) in [5, 5.41) is 2.67. The zero-order valence-electron chi connectivity index (χ0n) is 8.53. The van der Waals surface area contributed by atoms with Gasteiger partial charge in [-0.05, 0) is 11.0 Å². The Hall–Kier alpha value is -1.58. The Morgan fingerprint density at radius 3 is 2.79 bits per heavy atom. The molecule has 1 N–H and O–H groups in total. The first-order chi connectivity index (χ1) is 6.47. The maximum atomic E-state index is 11.0. The first kappa shape index (κ1) is 8.99. The zero-order valence-corrected chi connectivity index (χ0v) is 8.53. The summed E-state index contributed by atoms with van der Waals surface area (Å²) in [5.41, 5.74) is 1.67. The van der Waals surface area contributed by atoms with Crippen LogP contribution in [0, 0.1) is 0 Å². The van der Waals surface area contributed by atoms with E-state index in [0.717, 1.165) is 5.56 Å². The van der Waals surface area contributed by atoms with Gasteiger partial charge in [0.15, 0.2) is 5.65 Å². The molecule has 2 aromatic rings. The van der Waals surface area contributed by atoms with Crippen LogP contribution in [0.15, 0.2) is 23.3 Å². The number of fused-ring (bicyclic) bond motifs is 1. The van der Waals surface area contributed by atoms with Crippen LogP contribution in [0.2, 0.25) is 0 Å². The predicted molar refractivity (Wildman–Crippen MR) is 54.5 cm³/mol. The monoisotopic (exact) mass is 191 g/mol. The molecule has 2 rings (SSSR count). The second-order valence-electron chi connectivity index (χ2n) is 4.44. The van der Waals surface area contributed by atoms with Gasteiger partial charge in [-0.2, -0.15) is 0 Å². The van der Waals surface area contributed by atoms with Gasteiger partial charge in [-0.25, -0.2) is 9.50 Å². The molecular weight excluding hydrogens is 178 g/mol. The number of rotatable bonds is 0. The van der Waals surface area contributed by atoms with Crippen molar-refractivity contribution in [3.63, 3.8) is 0 Å². The van der Waals surface area contributed by atoms with Crippen LogP contribution in [-0.4, -0.2) is 14.6 Å². The normalized spacial score (nSPS) is 12.2. The van der Waals surface area contributed by atoms with Gasteiger partial charge < -0.3 is 0 Å². The maximum Gasteiger partial charge on any atom is 0.266 e. The zero-order chi connectivity index (χ0) is 10.3. The summed E-state index contributed by atoms with van der Waals surface area (Å²) in [6.07, 6.45) is 3.71. The SMILES string of the molecule is CC(C)(C)c1cnc2cc(=O)[nH]n2c1. The summed E-state index contributed by atoms with van der Waals surface area (Å²) in [4.78, 5) is 15.2. The van der Waals surface area contributed by atoms with Gasteiger partial charge in [-0.15, -0.1) is 0 Å². The molecule has 0 aliphatic heterocycles. The van der Waals surface area contributed by atoms with E-state index in [1.165, 1.54) is 6.07 Å². The molecule has 0 fully saturated rings. The number of aromatic amines is 1. The van der Waals surface area contributed by atoms with Gasteiger partial charge in [0.2, 0.25) is 0 Å². The lowest BCUT2D eigenvalue weighted by atomic mass is 9.89. The van der Waals surface area contributed by atoms with E-state index >= 15 is 0 Å². The minimum absolute atomic E-state index is 0.0440.